The Kier molecular flexibility index (Phi) is 12.3. The first-order valence-electron chi connectivity index (χ1n) is 19.5. The van der Waals surface area contributed by atoms with Crippen LogP contribution in [0, 0.1) is 62.3 Å². The molecule has 0 unspecified atom stereocenters. The molecule has 0 aliphatic heterocycles. The Hall–Kier alpha value is -5.84. The summed E-state index contributed by atoms with van der Waals surface area (Å²) in [4.78, 5) is 0. The molecule has 0 atom stereocenters. The van der Waals surface area contributed by atoms with Crippen LogP contribution in [0.15, 0.2) is 121 Å². The zero-order chi connectivity index (χ0) is 40.1. The van der Waals surface area contributed by atoms with Crippen molar-refractivity contribution < 1.29 is 4.74 Å². The van der Waals surface area contributed by atoms with Crippen molar-refractivity contribution in [3.05, 3.63) is 188 Å². The Balaban J connectivity index is 0.00000172. The molecule has 0 saturated carbocycles. The molecule has 0 fully saturated rings. The van der Waals surface area contributed by atoms with E-state index in [4.69, 9.17) is 0 Å². The fourth-order valence-corrected chi connectivity index (χ4v) is 8.31. The van der Waals surface area contributed by atoms with Crippen LogP contribution >= 0.6 is 0 Å². The highest BCUT2D eigenvalue weighted by atomic mass is 16.4. The van der Waals surface area contributed by atoms with E-state index in [1.165, 1.54) is 94.6 Å². The van der Waals surface area contributed by atoms with Gasteiger partial charge in [-0.15, -0.1) is 0 Å². The van der Waals surface area contributed by atoms with Crippen molar-refractivity contribution in [2.75, 3.05) is 30.2 Å². The topological polar surface area (TPSA) is 45.3 Å². The van der Waals surface area contributed by atoms with Gasteiger partial charge in [-0.05, 0) is 148 Å². The lowest BCUT2D eigenvalue weighted by molar-refractivity contribution is 0.277. The number of rotatable bonds is 9. The highest BCUT2D eigenvalue weighted by molar-refractivity contribution is 5.98. The van der Waals surface area contributed by atoms with Crippen LogP contribution in [0.4, 0.5) is 34.1 Å². The highest BCUT2D eigenvalue weighted by Crippen LogP contribution is 2.41. The van der Waals surface area contributed by atoms with Gasteiger partial charge in [0.05, 0.1) is 0 Å². The summed E-state index contributed by atoms with van der Waals surface area (Å²) in [5, 5.41) is 13.7. The normalized spacial score (nSPS) is 11.0. The molecule has 0 aliphatic carbocycles. The van der Waals surface area contributed by atoms with Crippen molar-refractivity contribution in [2.24, 2.45) is 0 Å². The Morgan fingerprint density at radius 3 is 1.11 bits per heavy atom. The van der Waals surface area contributed by atoms with Crippen LogP contribution < -0.4 is 16.0 Å². The summed E-state index contributed by atoms with van der Waals surface area (Å²) in [5.74, 6) is 0.0191. The smallest absolute Gasteiger partial charge is 0.0464 e. The van der Waals surface area contributed by atoms with E-state index in [0.29, 0.717) is 0 Å². The van der Waals surface area contributed by atoms with Crippen LogP contribution in [-0.4, -0.2) is 14.2 Å². The summed E-state index contributed by atoms with van der Waals surface area (Å²) in [6.45, 7) is 19.6. The van der Waals surface area contributed by atoms with E-state index < -0.39 is 0 Å². The second-order valence-corrected chi connectivity index (χ2v) is 15.5. The standard InChI is InChI=1S/C50H51N3.C2H6O/c1-30-24-33(4)48(34(5)25-30)51-41-18-14-39(15-19-41)47(40-16-20-42(21-17-40)52-49-35(6)26-31(2)27-36(49)7)45-22-23-46(44-13-11-10-12-43(44)45)53-50-37(8)28-32(3)29-38(50)9;1-3-2/h10-29,47,51-53H,1-9H3;1-2H3. The molecule has 0 bridgehead atoms. The first kappa shape index (κ1) is 39.8. The molecule has 0 amide bonds. The fourth-order valence-electron chi connectivity index (χ4n) is 8.31. The van der Waals surface area contributed by atoms with Gasteiger partial charge >= 0.3 is 0 Å². The molecule has 7 aromatic rings. The number of benzene rings is 7. The molecule has 7 aromatic carbocycles. The summed E-state index contributed by atoms with van der Waals surface area (Å²) in [5.41, 5.74) is 22.0. The van der Waals surface area contributed by atoms with Gasteiger partial charge in [0.15, 0.2) is 0 Å². The average molecular weight is 740 g/mol. The number of ether oxygens (including phenoxy) is 1. The summed E-state index contributed by atoms with van der Waals surface area (Å²) in [6.07, 6.45) is 0. The van der Waals surface area contributed by atoms with Crippen LogP contribution in [-0.2, 0) is 4.74 Å². The van der Waals surface area contributed by atoms with Gasteiger partial charge in [0.25, 0.3) is 0 Å². The Bertz CT molecular complexity index is 2310. The maximum absolute atomic E-state index is 4.25. The zero-order valence-electron chi connectivity index (χ0n) is 35.0. The van der Waals surface area contributed by atoms with Gasteiger partial charge in [0, 0.05) is 59.6 Å². The van der Waals surface area contributed by atoms with Crippen molar-refractivity contribution in [3.63, 3.8) is 0 Å². The lowest BCUT2D eigenvalue weighted by atomic mass is 9.82. The van der Waals surface area contributed by atoms with Crippen molar-refractivity contribution in [2.45, 2.75) is 68.2 Å². The Labute approximate surface area is 335 Å². The van der Waals surface area contributed by atoms with E-state index in [2.05, 4.69) is 204 Å². The largest absolute Gasteiger partial charge is 0.388 e. The Morgan fingerprint density at radius 1 is 0.393 bits per heavy atom. The minimum Gasteiger partial charge on any atom is -0.388 e. The van der Waals surface area contributed by atoms with Gasteiger partial charge in [-0.25, -0.2) is 0 Å². The molecular weight excluding hydrogens is 683 g/mol. The van der Waals surface area contributed by atoms with Gasteiger partial charge in [0.1, 0.15) is 0 Å². The van der Waals surface area contributed by atoms with Crippen LogP contribution in [0.2, 0.25) is 0 Å². The molecule has 0 aromatic heterocycles. The van der Waals surface area contributed by atoms with Crippen molar-refractivity contribution >= 4 is 44.9 Å². The second-order valence-electron chi connectivity index (χ2n) is 15.5. The number of hydrogen-bond acceptors (Lipinski definition) is 4. The predicted octanol–water partition coefficient (Wildman–Crippen LogP) is 14.3. The molecule has 4 nitrogen and oxygen atoms in total. The second kappa shape index (κ2) is 17.3. The summed E-state index contributed by atoms with van der Waals surface area (Å²) < 4.78 is 4.25. The number of aryl methyl sites for hydroxylation is 9. The molecule has 7 rings (SSSR count). The monoisotopic (exact) mass is 739 g/mol. The summed E-state index contributed by atoms with van der Waals surface area (Å²) in [7, 11) is 3.25. The van der Waals surface area contributed by atoms with E-state index in [-0.39, 0.29) is 5.92 Å². The highest BCUT2D eigenvalue weighted by Gasteiger charge is 2.21. The van der Waals surface area contributed by atoms with Gasteiger partial charge in [-0.2, -0.15) is 0 Å². The molecule has 0 spiro atoms. The maximum atomic E-state index is 4.25. The van der Waals surface area contributed by atoms with E-state index in [9.17, 15) is 0 Å². The van der Waals surface area contributed by atoms with Crippen LogP contribution in [0.5, 0.6) is 0 Å². The molecule has 0 radical (unpaired) electrons. The minimum atomic E-state index is 0.0191. The van der Waals surface area contributed by atoms with Gasteiger partial charge in [-0.1, -0.05) is 108 Å². The number of anilines is 6. The maximum Gasteiger partial charge on any atom is 0.0464 e. The molecule has 4 heteroatoms. The molecule has 0 saturated heterocycles. The molecular formula is C52H57N3O. The third kappa shape index (κ3) is 8.83. The van der Waals surface area contributed by atoms with E-state index in [1.807, 2.05) is 0 Å². The molecule has 3 N–H and O–H groups in total. The molecule has 0 heterocycles. The number of fused-ring (bicyclic) bond motifs is 1. The van der Waals surface area contributed by atoms with Crippen molar-refractivity contribution in [3.8, 4) is 0 Å². The quantitative estimate of drug-likeness (QED) is 0.129. The van der Waals surface area contributed by atoms with E-state index >= 15 is 0 Å². The summed E-state index contributed by atoms with van der Waals surface area (Å²) in [6, 6.07) is 44.9. The number of methoxy groups -OCH3 is 1. The van der Waals surface area contributed by atoms with Gasteiger partial charge in [-0.3, -0.25) is 0 Å². The third-order valence-corrected chi connectivity index (χ3v) is 10.6. The Morgan fingerprint density at radius 2 is 0.732 bits per heavy atom. The van der Waals surface area contributed by atoms with Crippen molar-refractivity contribution in [1.82, 2.24) is 0 Å². The van der Waals surface area contributed by atoms with Crippen molar-refractivity contribution in [1.29, 1.82) is 0 Å². The third-order valence-electron chi connectivity index (χ3n) is 10.6. The summed E-state index contributed by atoms with van der Waals surface area (Å²) >= 11 is 0. The van der Waals surface area contributed by atoms with Crippen LogP contribution in [0.3, 0.4) is 0 Å². The van der Waals surface area contributed by atoms with Crippen LogP contribution in [0.1, 0.15) is 72.7 Å². The molecule has 56 heavy (non-hydrogen) atoms. The van der Waals surface area contributed by atoms with Crippen LogP contribution in [0.25, 0.3) is 10.8 Å². The van der Waals surface area contributed by atoms with Gasteiger partial charge < -0.3 is 20.7 Å². The SMILES string of the molecule is COC.Cc1cc(C)c(Nc2ccc(C(c3ccc(Nc4c(C)cc(C)cc4C)cc3)c3ccc(Nc4c(C)cc(C)cc4C)c4ccccc34)cc2)c(C)c1. The molecule has 286 valence electrons. The molecule has 0 aliphatic rings. The van der Waals surface area contributed by atoms with E-state index in [0.717, 1.165) is 17.1 Å². The fraction of sp³-hybridized carbons (Fsp3) is 0.231. The predicted molar refractivity (Wildman–Crippen MR) is 243 cm³/mol. The first-order chi connectivity index (χ1) is 26.9. The van der Waals surface area contributed by atoms with Gasteiger partial charge in [0.2, 0.25) is 0 Å². The number of nitrogens with one attached hydrogen (secondary N) is 3. The number of hydrogen-bond donors (Lipinski definition) is 3. The lowest BCUT2D eigenvalue weighted by Gasteiger charge is -2.24. The average Bonchev–Trinajstić information content (AvgIpc) is 3.15. The zero-order valence-corrected chi connectivity index (χ0v) is 35.0. The first-order valence-corrected chi connectivity index (χ1v) is 19.5. The minimum absolute atomic E-state index is 0.0191. The lowest BCUT2D eigenvalue weighted by Crippen LogP contribution is -2.06. The van der Waals surface area contributed by atoms with E-state index in [1.54, 1.807) is 14.2 Å².